The summed E-state index contributed by atoms with van der Waals surface area (Å²) < 4.78 is 11.5. The SMILES string of the molecule is CCCCN1C(=O)[C@@H]([C@H](O)C2CCCCC2)NC(=O)C12CCN(Cc1ccc(Oc3ccc(NC(C)=O)cc3OC)cc1)CC2.Cl. The number of amides is 3. The van der Waals surface area contributed by atoms with E-state index in [0.29, 0.717) is 55.4 Å². The van der Waals surface area contributed by atoms with Gasteiger partial charge in [-0.05, 0) is 67.9 Å². The number of methoxy groups -OCH3 is 1. The van der Waals surface area contributed by atoms with Crippen LogP contribution < -0.4 is 20.1 Å². The molecule has 2 aliphatic heterocycles. The number of piperazine rings is 1. The molecule has 0 bridgehead atoms. The summed E-state index contributed by atoms with van der Waals surface area (Å²) in [6.45, 7) is 6.19. The first-order valence-corrected chi connectivity index (χ1v) is 16.5. The zero-order valence-electron chi connectivity index (χ0n) is 27.3. The van der Waals surface area contributed by atoms with E-state index >= 15 is 0 Å². The van der Waals surface area contributed by atoms with Crippen LogP contribution in [0.15, 0.2) is 42.5 Å². The number of carbonyl (C=O) groups is 3. The predicted molar refractivity (Wildman–Crippen MR) is 179 cm³/mol. The number of halogens is 1. The molecule has 2 heterocycles. The van der Waals surface area contributed by atoms with Gasteiger partial charge in [-0.1, -0.05) is 44.7 Å². The molecule has 46 heavy (non-hydrogen) atoms. The number of ether oxygens (including phenoxy) is 2. The van der Waals surface area contributed by atoms with Crippen molar-refractivity contribution in [3.05, 3.63) is 48.0 Å². The average Bonchev–Trinajstić information content (AvgIpc) is 3.05. The summed E-state index contributed by atoms with van der Waals surface area (Å²) in [5.74, 6) is 1.39. The number of unbranched alkanes of at least 4 members (excludes halogenated alkanes) is 1. The van der Waals surface area contributed by atoms with Gasteiger partial charge in [-0.3, -0.25) is 19.3 Å². The third-order valence-electron chi connectivity index (χ3n) is 9.69. The Bertz CT molecular complexity index is 1340. The lowest BCUT2D eigenvalue weighted by molar-refractivity contribution is -0.166. The Morgan fingerprint density at radius 2 is 1.76 bits per heavy atom. The Balaban J connectivity index is 0.00000480. The van der Waals surface area contributed by atoms with Crippen molar-refractivity contribution in [1.29, 1.82) is 0 Å². The summed E-state index contributed by atoms with van der Waals surface area (Å²) in [4.78, 5) is 43.2. The monoisotopic (exact) mass is 656 g/mol. The number of piperidine rings is 1. The zero-order chi connectivity index (χ0) is 32.0. The maximum atomic E-state index is 13.9. The first-order valence-electron chi connectivity index (χ1n) is 16.5. The zero-order valence-corrected chi connectivity index (χ0v) is 28.1. The molecule has 11 heteroatoms. The number of benzene rings is 2. The first-order chi connectivity index (χ1) is 21.7. The van der Waals surface area contributed by atoms with E-state index in [1.165, 1.54) is 13.3 Å². The van der Waals surface area contributed by atoms with Gasteiger partial charge in [-0.25, -0.2) is 0 Å². The van der Waals surface area contributed by atoms with Gasteiger partial charge in [0.05, 0.1) is 13.2 Å². The number of rotatable bonds is 11. The van der Waals surface area contributed by atoms with Crippen LogP contribution in [-0.4, -0.2) is 77.1 Å². The van der Waals surface area contributed by atoms with Gasteiger partial charge in [0, 0.05) is 44.9 Å². The van der Waals surface area contributed by atoms with Crippen molar-refractivity contribution in [2.75, 3.05) is 32.1 Å². The second kappa shape index (κ2) is 16.0. The number of hydrogen-bond acceptors (Lipinski definition) is 7. The summed E-state index contributed by atoms with van der Waals surface area (Å²) in [5, 5.41) is 16.9. The van der Waals surface area contributed by atoms with Crippen molar-refractivity contribution in [2.24, 2.45) is 5.92 Å². The normalized spacial score (nSPS) is 20.9. The summed E-state index contributed by atoms with van der Waals surface area (Å²) >= 11 is 0. The Morgan fingerprint density at radius 1 is 1.07 bits per heavy atom. The van der Waals surface area contributed by atoms with Gasteiger partial charge in [-0.2, -0.15) is 0 Å². The molecule has 3 fully saturated rings. The van der Waals surface area contributed by atoms with Crippen LogP contribution in [0.25, 0.3) is 0 Å². The van der Waals surface area contributed by atoms with Gasteiger partial charge in [0.15, 0.2) is 11.5 Å². The highest BCUT2D eigenvalue weighted by molar-refractivity contribution is 6.00. The summed E-state index contributed by atoms with van der Waals surface area (Å²) in [6, 6.07) is 12.3. The summed E-state index contributed by atoms with van der Waals surface area (Å²) in [7, 11) is 1.56. The summed E-state index contributed by atoms with van der Waals surface area (Å²) in [5.41, 5.74) is 0.886. The number of likely N-dealkylation sites (tertiary alicyclic amines) is 1. The summed E-state index contributed by atoms with van der Waals surface area (Å²) in [6.07, 6.45) is 7.17. The van der Waals surface area contributed by atoms with Crippen LogP contribution in [-0.2, 0) is 20.9 Å². The van der Waals surface area contributed by atoms with E-state index in [-0.39, 0.29) is 36.0 Å². The van der Waals surface area contributed by atoms with Crippen LogP contribution >= 0.6 is 12.4 Å². The second-order valence-electron chi connectivity index (χ2n) is 12.8. The molecule has 0 unspecified atom stereocenters. The molecule has 5 rings (SSSR count). The van der Waals surface area contributed by atoms with Crippen LogP contribution in [0.4, 0.5) is 5.69 Å². The fourth-order valence-electron chi connectivity index (χ4n) is 7.12. The van der Waals surface area contributed by atoms with Crippen molar-refractivity contribution >= 4 is 35.8 Å². The fraction of sp³-hybridized carbons (Fsp3) is 0.571. The molecule has 3 aliphatic rings. The minimum atomic E-state index is -0.863. The maximum Gasteiger partial charge on any atom is 0.248 e. The van der Waals surface area contributed by atoms with E-state index < -0.39 is 17.7 Å². The van der Waals surface area contributed by atoms with E-state index in [9.17, 15) is 19.5 Å². The fourth-order valence-corrected chi connectivity index (χ4v) is 7.12. The number of nitrogens with one attached hydrogen (secondary N) is 2. The average molecular weight is 657 g/mol. The maximum absolute atomic E-state index is 13.9. The lowest BCUT2D eigenvalue weighted by atomic mass is 9.78. The molecular formula is C35H49ClN4O6. The van der Waals surface area contributed by atoms with Crippen molar-refractivity contribution in [3.8, 4) is 17.2 Å². The molecule has 2 saturated heterocycles. The Hall–Kier alpha value is -3.34. The van der Waals surface area contributed by atoms with E-state index in [1.54, 1.807) is 25.3 Å². The molecule has 0 aromatic heterocycles. The van der Waals surface area contributed by atoms with E-state index in [2.05, 4.69) is 22.5 Å². The number of anilines is 1. The Morgan fingerprint density at radius 3 is 2.39 bits per heavy atom. The van der Waals surface area contributed by atoms with Gasteiger partial charge >= 0.3 is 0 Å². The third kappa shape index (κ3) is 7.96. The van der Waals surface area contributed by atoms with Gasteiger partial charge in [0.2, 0.25) is 17.7 Å². The number of hydrogen-bond donors (Lipinski definition) is 3. The van der Waals surface area contributed by atoms with Gasteiger partial charge in [0.25, 0.3) is 0 Å². The van der Waals surface area contributed by atoms with E-state index in [4.69, 9.17) is 9.47 Å². The van der Waals surface area contributed by atoms with Gasteiger partial charge in [-0.15, -0.1) is 12.4 Å². The highest BCUT2D eigenvalue weighted by Crippen LogP contribution is 2.37. The minimum Gasteiger partial charge on any atom is -0.493 e. The molecule has 1 saturated carbocycles. The predicted octanol–water partition coefficient (Wildman–Crippen LogP) is 5.27. The Labute approximate surface area is 278 Å². The number of nitrogens with zero attached hydrogens (tertiary/aromatic N) is 2. The number of carbonyl (C=O) groups excluding carboxylic acids is 3. The molecule has 0 radical (unpaired) electrons. The highest BCUT2D eigenvalue weighted by atomic mass is 35.5. The highest BCUT2D eigenvalue weighted by Gasteiger charge is 2.55. The second-order valence-corrected chi connectivity index (χ2v) is 12.8. The van der Waals surface area contributed by atoms with Crippen molar-refractivity contribution < 1.29 is 29.0 Å². The first kappa shape index (κ1) is 35.5. The van der Waals surface area contributed by atoms with E-state index in [1.807, 2.05) is 29.2 Å². The molecule has 1 spiro atoms. The smallest absolute Gasteiger partial charge is 0.248 e. The van der Waals surface area contributed by atoms with Crippen LogP contribution in [0.3, 0.4) is 0 Å². The van der Waals surface area contributed by atoms with E-state index in [0.717, 1.165) is 50.6 Å². The standard InChI is InChI=1S/C35H48N4O6.ClH/c1-4-5-19-39-33(42)31(32(41)26-9-7-6-8-10-26)37-34(43)35(39)17-20-38(21-18-35)23-25-11-14-28(15-12-25)45-29-16-13-27(36-24(2)40)22-30(29)44-3;/h11-16,22,26,31-32,41H,4-10,17-21,23H2,1-3H3,(H,36,40)(H,37,43);1H/t31-,32-;/m1./s1. The third-order valence-corrected chi connectivity index (χ3v) is 9.69. The van der Waals surface area contributed by atoms with Gasteiger partial charge in [0.1, 0.15) is 17.3 Å². The molecule has 1 aliphatic carbocycles. The number of aliphatic hydroxyl groups is 1. The molecule has 252 valence electrons. The molecule has 2 aromatic rings. The van der Waals surface area contributed by atoms with Crippen LogP contribution in [0.1, 0.15) is 77.2 Å². The molecule has 10 nitrogen and oxygen atoms in total. The molecular weight excluding hydrogens is 608 g/mol. The lowest BCUT2D eigenvalue weighted by Gasteiger charge is -2.52. The largest absolute Gasteiger partial charge is 0.493 e. The Kier molecular flexibility index (Phi) is 12.3. The topological polar surface area (TPSA) is 120 Å². The van der Waals surface area contributed by atoms with Crippen LogP contribution in [0.5, 0.6) is 17.2 Å². The van der Waals surface area contributed by atoms with Crippen molar-refractivity contribution in [2.45, 2.75) is 95.9 Å². The molecule has 2 atom stereocenters. The van der Waals surface area contributed by atoms with Crippen LogP contribution in [0.2, 0.25) is 0 Å². The minimum absolute atomic E-state index is 0. The number of aliphatic hydroxyl groups excluding tert-OH is 1. The lowest BCUT2D eigenvalue weighted by Crippen LogP contribution is -2.75. The molecule has 3 N–H and O–H groups in total. The van der Waals surface area contributed by atoms with Crippen molar-refractivity contribution in [1.82, 2.24) is 15.1 Å². The molecule has 3 amide bonds. The van der Waals surface area contributed by atoms with Crippen LogP contribution in [0, 0.1) is 5.92 Å². The van der Waals surface area contributed by atoms with Crippen molar-refractivity contribution in [3.63, 3.8) is 0 Å². The molecule has 2 aromatic carbocycles. The van der Waals surface area contributed by atoms with Gasteiger partial charge < -0.3 is 30.1 Å². The quantitative estimate of drug-likeness (QED) is 0.301.